The zero-order valence-electron chi connectivity index (χ0n) is 11.2. The molecule has 20 heavy (non-hydrogen) atoms. The first kappa shape index (κ1) is 15.2. The molecule has 0 spiro atoms. The van der Waals surface area contributed by atoms with Crippen LogP contribution in [0.2, 0.25) is 0 Å². The van der Waals surface area contributed by atoms with Crippen molar-refractivity contribution in [1.29, 1.82) is 0 Å². The summed E-state index contributed by atoms with van der Waals surface area (Å²) in [5.41, 5.74) is 0.581. The summed E-state index contributed by atoms with van der Waals surface area (Å²) in [5, 5.41) is 9.05. The zero-order chi connectivity index (χ0) is 14.6. The minimum absolute atomic E-state index is 0.172. The normalized spacial score (nSPS) is 11.7. The Kier molecular flexibility index (Phi) is 4.93. The third kappa shape index (κ3) is 3.67. The highest BCUT2D eigenvalue weighted by molar-refractivity contribution is 7.89. The Morgan fingerprint density at radius 2 is 1.95 bits per heavy atom. The molecule has 0 fully saturated rings. The van der Waals surface area contributed by atoms with E-state index in [9.17, 15) is 8.42 Å². The molecule has 2 aromatic rings. The van der Waals surface area contributed by atoms with Gasteiger partial charge in [-0.1, -0.05) is 19.1 Å². The molecule has 0 radical (unpaired) electrons. The lowest BCUT2D eigenvalue weighted by molar-refractivity contribution is 0.281. The van der Waals surface area contributed by atoms with Gasteiger partial charge in [0.05, 0.1) is 11.5 Å². The second kappa shape index (κ2) is 6.49. The molecule has 0 bridgehead atoms. The smallest absolute Gasteiger partial charge is 0.240 e. The summed E-state index contributed by atoms with van der Waals surface area (Å²) in [6.45, 7) is 2.19. The van der Waals surface area contributed by atoms with Gasteiger partial charge >= 0.3 is 0 Å². The number of aliphatic hydroxyl groups is 1. The Hall–Kier alpha value is -1.21. The first-order chi connectivity index (χ1) is 9.55. The number of thiophene rings is 1. The zero-order valence-corrected chi connectivity index (χ0v) is 12.8. The number of benzene rings is 1. The van der Waals surface area contributed by atoms with Crippen LogP contribution in [-0.2, 0) is 29.6 Å². The highest BCUT2D eigenvalue weighted by Gasteiger charge is 2.14. The van der Waals surface area contributed by atoms with Crippen molar-refractivity contribution in [3.8, 4) is 0 Å². The lowest BCUT2D eigenvalue weighted by Gasteiger charge is -2.06. The fourth-order valence-corrected chi connectivity index (χ4v) is 3.83. The van der Waals surface area contributed by atoms with Crippen molar-refractivity contribution < 1.29 is 13.5 Å². The molecule has 2 N–H and O–H groups in total. The number of hydrogen-bond donors (Lipinski definition) is 2. The van der Waals surface area contributed by atoms with Crippen molar-refractivity contribution in [3.05, 3.63) is 51.7 Å². The molecular formula is C14H17NO3S2. The van der Waals surface area contributed by atoms with E-state index in [1.54, 1.807) is 23.5 Å². The van der Waals surface area contributed by atoms with Crippen molar-refractivity contribution >= 4 is 21.4 Å². The number of hydrogen-bond acceptors (Lipinski definition) is 4. The van der Waals surface area contributed by atoms with Crippen molar-refractivity contribution in [2.24, 2.45) is 0 Å². The average Bonchev–Trinajstić information content (AvgIpc) is 2.93. The largest absolute Gasteiger partial charge is 0.392 e. The molecule has 2 rings (SSSR count). The highest BCUT2D eigenvalue weighted by Crippen LogP contribution is 2.18. The van der Waals surface area contributed by atoms with Crippen LogP contribution in [-0.4, -0.2) is 13.5 Å². The lowest BCUT2D eigenvalue weighted by atomic mass is 10.2. The fraction of sp³-hybridized carbons (Fsp3) is 0.286. The van der Waals surface area contributed by atoms with Crippen molar-refractivity contribution in [3.63, 3.8) is 0 Å². The average molecular weight is 311 g/mol. The predicted octanol–water partition coefficient (Wildman–Crippen LogP) is 2.28. The van der Waals surface area contributed by atoms with Crippen LogP contribution in [0.25, 0.3) is 0 Å². The maximum absolute atomic E-state index is 12.2. The van der Waals surface area contributed by atoms with Gasteiger partial charge in [0.2, 0.25) is 10.0 Å². The van der Waals surface area contributed by atoms with Gasteiger partial charge in [-0.3, -0.25) is 0 Å². The molecule has 0 saturated heterocycles. The summed E-state index contributed by atoms with van der Waals surface area (Å²) in [7, 11) is -3.54. The van der Waals surface area contributed by atoms with Crippen LogP contribution in [0.15, 0.2) is 41.3 Å². The van der Waals surface area contributed by atoms with Crippen LogP contribution in [0.1, 0.15) is 22.2 Å². The Morgan fingerprint density at radius 1 is 1.20 bits per heavy atom. The lowest BCUT2D eigenvalue weighted by Crippen LogP contribution is -2.22. The molecule has 0 aliphatic rings. The van der Waals surface area contributed by atoms with Crippen LogP contribution >= 0.6 is 11.3 Å². The minimum Gasteiger partial charge on any atom is -0.392 e. The fourth-order valence-electron chi connectivity index (χ4n) is 1.77. The number of rotatable bonds is 6. The molecule has 1 aromatic heterocycles. The molecule has 4 nitrogen and oxygen atoms in total. The molecule has 108 valence electrons. The van der Waals surface area contributed by atoms with E-state index in [0.717, 1.165) is 11.3 Å². The maximum atomic E-state index is 12.2. The summed E-state index contributed by atoms with van der Waals surface area (Å²) in [6.07, 6.45) is 0.954. The maximum Gasteiger partial charge on any atom is 0.240 e. The van der Waals surface area contributed by atoms with Gasteiger partial charge in [0.25, 0.3) is 0 Å². The highest BCUT2D eigenvalue weighted by atomic mass is 32.2. The number of aliphatic hydroxyl groups excluding tert-OH is 1. The van der Waals surface area contributed by atoms with Crippen LogP contribution in [0.5, 0.6) is 0 Å². The first-order valence-electron chi connectivity index (χ1n) is 6.32. The van der Waals surface area contributed by atoms with E-state index < -0.39 is 10.0 Å². The first-order valence-corrected chi connectivity index (χ1v) is 8.62. The van der Waals surface area contributed by atoms with E-state index in [0.29, 0.717) is 5.56 Å². The van der Waals surface area contributed by atoms with E-state index in [4.69, 9.17) is 5.11 Å². The van der Waals surface area contributed by atoms with Crippen LogP contribution in [0.4, 0.5) is 0 Å². The molecule has 0 aliphatic heterocycles. The van der Waals surface area contributed by atoms with Gasteiger partial charge in [-0.15, -0.1) is 11.3 Å². The molecule has 0 saturated carbocycles. The molecule has 0 atom stereocenters. The second-order valence-electron chi connectivity index (χ2n) is 4.35. The van der Waals surface area contributed by atoms with E-state index in [2.05, 4.69) is 11.6 Å². The summed E-state index contributed by atoms with van der Waals surface area (Å²) >= 11 is 1.61. The molecule has 1 heterocycles. The topological polar surface area (TPSA) is 66.4 Å². The number of sulfonamides is 1. The third-order valence-corrected chi connectivity index (χ3v) is 5.52. The second-order valence-corrected chi connectivity index (χ2v) is 7.37. The van der Waals surface area contributed by atoms with E-state index in [1.807, 2.05) is 12.1 Å². The van der Waals surface area contributed by atoms with Crippen molar-refractivity contribution in [1.82, 2.24) is 4.72 Å². The Bertz CT molecular complexity index is 677. The van der Waals surface area contributed by atoms with Gasteiger partial charge in [0.15, 0.2) is 0 Å². The van der Waals surface area contributed by atoms with Crippen LogP contribution in [0.3, 0.4) is 0 Å². The van der Waals surface area contributed by atoms with Gasteiger partial charge in [0.1, 0.15) is 0 Å². The van der Waals surface area contributed by atoms with Crippen molar-refractivity contribution in [2.75, 3.05) is 0 Å². The molecule has 1 aromatic carbocycles. The summed E-state index contributed by atoms with van der Waals surface area (Å²) in [4.78, 5) is 2.40. The van der Waals surface area contributed by atoms with Crippen molar-refractivity contribution in [2.45, 2.75) is 31.4 Å². The van der Waals surface area contributed by atoms with Gasteiger partial charge in [-0.2, -0.15) is 0 Å². The van der Waals surface area contributed by atoms with Gasteiger partial charge in [0, 0.05) is 16.3 Å². The van der Waals surface area contributed by atoms with E-state index in [-0.39, 0.29) is 18.0 Å². The van der Waals surface area contributed by atoms with Gasteiger partial charge in [-0.05, 0) is 36.2 Å². The Labute approximate surface area is 123 Å². The SMILES string of the molecule is CCc1ccc(CNS(=O)(=O)c2cccc(CO)c2)s1. The standard InChI is InChI=1S/C14H17NO3S2/c1-2-12-6-7-13(19-12)9-15-20(17,18)14-5-3-4-11(8-14)10-16/h3-8,15-16H,2,9-10H2,1H3. The summed E-state index contributed by atoms with van der Waals surface area (Å²) in [6, 6.07) is 10.3. The molecule has 6 heteroatoms. The minimum atomic E-state index is -3.54. The number of nitrogens with one attached hydrogen (secondary N) is 1. The van der Waals surface area contributed by atoms with Crippen LogP contribution < -0.4 is 4.72 Å². The Morgan fingerprint density at radius 3 is 2.60 bits per heavy atom. The molecule has 0 aliphatic carbocycles. The molecule has 0 amide bonds. The summed E-state index contributed by atoms with van der Waals surface area (Å²) in [5.74, 6) is 0. The Balaban J connectivity index is 2.10. The van der Waals surface area contributed by atoms with Crippen LogP contribution in [0, 0.1) is 0 Å². The van der Waals surface area contributed by atoms with E-state index >= 15 is 0 Å². The number of aryl methyl sites for hydroxylation is 1. The van der Waals surface area contributed by atoms with E-state index in [1.165, 1.54) is 17.0 Å². The molecular weight excluding hydrogens is 294 g/mol. The molecule has 0 unspecified atom stereocenters. The van der Waals surface area contributed by atoms with Gasteiger partial charge < -0.3 is 5.11 Å². The van der Waals surface area contributed by atoms with Gasteiger partial charge in [-0.25, -0.2) is 13.1 Å². The summed E-state index contributed by atoms with van der Waals surface area (Å²) < 4.78 is 26.9. The third-order valence-electron chi connectivity index (χ3n) is 2.89. The quantitative estimate of drug-likeness (QED) is 0.860. The monoisotopic (exact) mass is 311 g/mol. The predicted molar refractivity (Wildman–Crippen MR) is 80.1 cm³/mol.